The maximum atomic E-state index is 11.9. The third-order valence-electron chi connectivity index (χ3n) is 2.86. The fourth-order valence-corrected chi connectivity index (χ4v) is 1.60. The molecule has 8 N–H and O–H groups in total. The Kier molecular flexibility index (Phi) is 7.89. The Morgan fingerprint density at radius 1 is 0.947 bits per heavy atom. The molecule has 110 valence electrons. The van der Waals surface area contributed by atoms with E-state index in [1.165, 1.54) is 0 Å². The number of aliphatic carboxylic acids is 2. The second-order valence-corrected chi connectivity index (χ2v) is 4.40. The van der Waals surface area contributed by atoms with E-state index >= 15 is 0 Å². The molecule has 8 heteroatoms. The largest absolute Gasteiger partial charge is 0.481 e. The Morgan fingerprint density at radius 2 is 1.53 bits per heavy atom. The molecule has 19 heavy (non-hydrogen) atoms. The topological polar surface area (TPSA) is 170 Å². The Hall–Kier alpha value is -1.51. The summed E-state index contributed by atoms with van der Waals surface area (Å²) in [5.74, 6) is -3.10. The van der Waals surface area contributed by atoms with E-state index in [0.717, 1.165) is 0 Å². The fraction of sp³-hybridized carbons (Fsp3) is 0.727. The van der Waals surface area contributed by atoms with Gasteiger partial charge in [-0.2, -0.15) is 0 Å². The fourth-order valence-electron chi connectivity index (χ4n) is 1.60. The molecule has 0 amide bonds. The van der Waals surface area contributed by atoms with E-state index in [2.05, 4.69) is 0 Å². The van der Waals surface area contributed by atoms with E-state index in [4.69, 9.17) is 27.4 Å². The van der Waals surface area contributed by atoms with E-state index in [9.17, 15) is 14.4 Å². The van der Waals surface area contributed by atoms with Crippen LogP contribution in [0.1, 0.15) is 25.7 Å². The van der Waals surface area contributed by atoms with Crippen LogP contribution in [-0.4, -0.2) is 46.6 Å². The highest BCUT2D eigenvalue weighted by molar-refractivity contribution is 5.86. The van der Waals surface area contributed by atoms with Crippen molar-refractivity contribution in [2.24, 2.45) is 23.1 Å². The second kappa shape index (κ2) is 8.57. The highest BCUT2D eigenvalue weighted by atomic mass is 16.4. The van der Waals surface area contributed by atoms with Crippen LogP contribution in [0.25, 0.3) is 0 Å². The second-order valence-electron chi connectivity index (χ2n) is 4.40. The number of hydrogen-bond donors (Lipinski definition) is 5. The van der Waals surface area contributed by atoms with Crippen molar-refractivity contribution in [2.75, 3.05) is 6.54 Å². The first-order valence-electron chi connectivity index (χ1n) is 5.99. The molecule has 0 aliphatic heterocycles. The van der Waals surface area contributed by atoms with Gasteiger partial charge in [-0.3, -0.25) is 14.4 Å². The average Bonchev–Trinajstić information content (AvgIpc) is 2.35. The minimum absolute atomic E-state index is 0.0337. The van der Waals surface area contributed by atoms with Crippen LogP contribution in [0.15, 0.2) is 0 Å². The van der Waals surface area contributed by atoms with E-state index in [0.29, 0.717) is 0 Å². The van der Waals surface area contributed by atoms with E-state index in [1.807, 2.05) is 0 Å². The van der Waals surface area contributed by atoms with Gasteiger partial charge in [0, 0.05) is 18.9 Å². The van der Waals surface area contributed by atoms with Crippen molar-refractivity contribution in [2.45, 2.75) is 37.8 Å². The predicted molar refractivity (Wildman–Crippen MR) is 67.2 cm³/mol. The summed E-state index contributed by atoms with van der Waals surface area (Å²) in [5, 5.41) is 17.1. The number of nitrogens with two attached hydrogens (primary N) is 3. The van der Waals surface area contributed by atoms with Gasteiger partial charge < -0.3 is 27.4 Å². The molecular weight excluding hydrogens is 254 g/mol. The maximum Gasteiger partial charge on any atom is 0.320 e. The Labute approximate surface area is 110 Å². The van der Waals surface area contributed by atoms with Crippen LogP contribution in [0, 0.1) is 5.92 Å². The number of hydrogen-bond acceptors (Lipinski definition) is 6. The summed E-state index contributed by atoms with van der Waals surface area (Å²) in [6.45, 7) is 0.0337. The van der Waals surface area contributed by atoms with E-state index < -0.39 is 29.9 Å². The Morgan fingerprint density at radius 3 is 1.95 bits per heavy atom. The number of carbonyl (C=O) groups excluding carboxylic acids is 1. The molecule has 0 aliphatic rings. The molecule has 3 atom stereocenters. The summed E-state index contributed by atoms with van der Waals surface area (Å²) in [6, 6.07) is -1.94. The average molecular weight is 275 g/mol. The summed E-state index contributed by atoms with van der Waals surface area (Å²) in [4.78, 5) is 32.8. The molecule has 0 aromatic rings. The molecule has 0 saturated carbocycles. The third kappa shape index (κ3) is 6.85. The molecular formula is C11H21N3O5. The molecule has 1 unspecified atom stereocenters. The van der Waals surface area contributed by atoms with Crippen molar-refractivity contribution in [3.63, 3.8) is 0 Å². The van der Waals surface area contributed by atoms with Crippen LogP contribution in [-0.2, 0) is 14.4 Å². The molecule has 0 spiro atoms. The van der Waals surface area contributed by atoms with Crippen LogP contribution in [0.2, 0.25) is 0 Å². The summed E-state index contributed by atoms with van der Waals surface area (Å²) in [5.41, 5.74) is 16.4. The van der Waals surface area contributed by atoms with Crippen molar-refractivity contribution < 1.29 is 24.6 Å². The van der Waals surface area contributed by atoms with Crippen LogP contribution < -0.4 is 17.2 Å². The molecule has 0 aromatic heterocycles. The van der Waals surface area contributed by atoms with Gasteiger partial charge in [-0.15, -0.1) is 0 Å². The summed E-state index contributed by atoms with van der Waals surface area (Å²) in [7, 11) is 0. The smallest absolute Gasteiger partial charge is 0.320 e. The standard InChI is InChI=1S/C11H21N3O5/c12-5-6(1-2-8(14)11(18)19)10(17)7(13)3-4-9(15)16/h6-8H,1-5,12-14H2,(H,15,16)(H,18,19)/t6?,7-,8-/m0/s1. The molecule has 8 nitrogen and oxygen atoms in total. The summed E-state index contributed by atoms with van der Waals surface area (Å²) >= 11 is 0. The van der Waals surface area contributed by atoms with Gasteiger partial charge in [-0.1, -0.05) is 0 Å². The van der Waals surface area contributed by atoms with Gasteiger partial charge in [0.2, 0.25) is 0 Å². The molecule has 0 rings (SSSR count). The zero-order valence-electron chi connectivity index (χ0n) is 10.6. The lowest BCUT2D eigenvalue weighted by Gasteiger charge is -2.18. The number of carboxylic acid groups (broad SMARTS) is 2. The maximum absolute atomic E-state index is 11.9. The first-order chi connectivity index (χ1) is 8.79. The quantitative estimate of drug-likeness (QED) is 0.321. The number of rotatable bonds is 10. The SMILES string of the molecule is NCC(CC[C@H](N)C(=O)O)C(=O)[C@@H](N)CCC(=O)O. The number of carboxylic acids is 2. The highest BCUT2D eigenvalue weighted by Gasteiger charge is 2.25. The molecule has 0 fully saturated rings. The summed E-state index contributed by atoms with van der Waals surface area (Å²) in [6.07, 6.45) is 0.187. The van der Waals surface area contributed by atoms with Crippen LogP contribution >= 0.6 is 0 Å². The molecule has 0 aromatic carbocycles. The molecule has 0 bridgehead atoms. The summed E-state index contributed by atoms with van der Waals surface area (Å²) < 4.78 is 0. The number of ketones is 1. The minimum Gasteiger partial charge on any atom is -0.481 e. The molecule has 0 radical (unpaired) electrons. The third-order valence-corrected chi connectivity index (χ3v) is 2.86. The van der Waals surface area contributed by atoms with E-state index in [-0.39, 0.29) is 38.0 Å². The van der Waals surface area contributed by atoms with Gasteiger partial charge in [0.05, 0.1) is 6.04 Å². The van der Waals surface area contributed by atoms with Crippen molar-refractivity contribution >= 4 is 17.7 Å². The van der Waals surface area contributed by atoms with Crippen molar-refractivity contribution in [3.8, 4) is 0 Å². The van der Waals surface area contributed by atoms with Gasteiger partial charge in [0.1, 0.15) is 6.04 Å². The lowest BCUT2D eigenvalue weighted by atomic mass is 9.90. The van der Waals surface area contributed by atoms with Crippen LogP contribution in [0.3, 0.4) is 0 Å². The predicted octanol–water partition coefficient (Wildman–Crippen LogP) is -1.49. The first-order valence-corrected chi connectivity index (χ1v) is 5.99. The monoisotopic (exact) mass is 275 g/mol. The van der Waals surface area contributed by atoms with Crippen molar-refractivity contribution in [1.29, 1.82) is 0 Å². The highest BCUT2D eigenvalue weighted by Crippen LogP contribution is 2.12. The van der Waals surface area contributed by atoms with Crippen molar-refractivity contribution in [1.82, 2.24) is 0 Å². The van der Waals surface area contributed by atoms with Gasteiger partial charge in [-0.25, -0.2) is 0 Å². The molecule has 0 aliphatic carbocycles. The Balaban J connectivity index is 4.30. The first kappa shape index (κ1) is 17.5. The van der Waals surface area contributed by atoms with Crippen LogP contribution in [0.5, 0.6) is 0 Å². The lowest BCUT2D eigenvalue weighted by molar-refractivity contribution is -0.139. The van der Waals surface area contributed by atoms with Gasteiger partial charge in [-0.05, 0) is 19.3 Å². The normalized spacial score (nSPS) is 15.5. The zero-order chi connectivity index (χ0) is 15.0. The van der Waals surface area contributed by atoms with Crippen molar-refractivity contribution in [3.05, 3.63) is 0 Å². The molecule has 0 saturated heterocycles. The lowest BCUT2D eigenvalue weighted by Crippen LogP contribution is -2.40. The number of Topliss-reactive ketones (excluding diaryl/α,β-unsaturated/α-hetero) is 1. The minimum atomic E-state index is -1.14. The zero-order valence-corrected chi connectivity index (χ0v) is 10.6. The van der Waals surface area contributed by atoms with Gasteiger partial charge in [0.25, 0.3) is 0 Å². The molecule has 0 heterocycles. The van der Waals surface area contributed by atoms with Gasteiger partial charge >= 0.3 is 11.9 Å². The van der Waals surface area contributed by atoms with Gasteiger partial charge in [0.15, 0.2) is 5.78 Å². The van der Waals surface area contributed by atoms with E-state index in [1.54, 1.807) is 0 Å². The van der Waals surface area contributed by atoms with Crippen LogP contribution in [0.4, 0.5) is 0 Å². The Bertz CT molecular complexity index is 334. The number of carbonyl (C=O) groups is 3.